The molecule has 3 rings (SSSR count). The molecule has 0 amide bonds. The highest BCUT2D eigenvalue weighted by molar-refractivity contribution is 7.71. The van der Waals surface area contributed by atoms with Crippen molar-refractivity contribution >= 4 is 30.0 Å². The van der Waals surface area contributed by atoms with Crippen LogP contribution in [0.5, 0.6) is 5.75 Å². The fourth-order valence-electron chi connectivity index (χ4n) is 2.03. The van der Waals surface area contributed by atoms with Gasteiger partial charge in [0.05, 0.1) is 13.3 Å². The van der Waals surface area contributed by atoms with Crippen LogP contribution in [0.3, 0.4) is 0 Å². The van der Waals surface area contributed by atoms with E-state index in [-0.39, 0.29) is 0 Å². The number of halogens is 1. The number of hydrogen-bond donors (Lipinski definition) is 1. The van der Waals surface area contributed by atoms with Crippen molar-refractivity contribution in [3.63, 3.8) is 0 Å². The molecular formula is C16H13ClN4OS. The topological polar surface area (TPSA) is 55.2 Å². The van der Waals surface area contributed by atoms with Crippen LogP contribution in [0, 0.1) is 4.77 Å². The Morgan fingerprint density at radius 2 is 2.04 bits per heavy atom. The summed E-state index contributed by atoms with van der Waals surface area (Å²) in [6.45, 7) is 0. The van der Waals surface area contributed by atoms with Crippen LogP contribution in [0.2, 0.25) is 5.02 Å². The minimum Gasteiger partial charge on any atom is -0.497 e. The molecular weight excluding hydrogens is 332 g/mol. The van der Waals surface area contributed by atoms with Gasteiger partial charge in [0.1, 0.15) is 5.75 Å². The van der Waals surface area contributed by atoms with E-state index in [1.807, 2.05) is 42.5 Å². The summed E-state index contributed by atoms with van der Waals surface area (Å²) in [5.74, 6) is 1.39. The van der Waals surface area contributed by atoms with Gasteiger partial charge in [-0.05, 0) is 54.2 Å². The molecule has 0 atom stereocenters. The molecule has 0 aliphatic rings. The number of nitrogens with one attached hydrogen (secondary N) is 1. The van der Waals surface area contributed by atoms with Crippen molar-refractivity contribution in [3.8, 4) is 17.1 Å². The lowest BCUT2D eigenvalue weighted by Crippen LogP contribution is -1.95. The van der Waals surface area contributed by atoms with Gasteiger partial charge in [0.2, 0.25) is 4.77 Å². The molecule has 0 fully saturated rings. The van der Waals surface area contributed by atoms with Gasteiger partial charge < -0.3 is 4.74 Å². The lowest BCUT2D eigenvalue weighted by Gasteiger charge is -2.02. The highest BCUT2D eigenvalue weighted by Crippen LogP contribution is 2.21. The van der Waals surface area contributed by atoms with E-state index in [2.05, 4.69) is 15.3 Å². The molecule has 7 heteroatoms. The normalized spacial score (nSPS) is 11.0. The Bertz CT molecular complexity index is 899. The summed E-state index contributed by atoms with van der Waals surface area (Å²) >= 11 is 11.3. The first-order chi connectivity index (χ1) is 11.2. The molecule has 1 aromatic heterocycles. The van der Waals surface area contributed by atoms with Crippen LogP contribution in [0.4, 0.5) is 0 Å². The molecule has 5 nitrogen and oxygen atoms in total. The highest BCUT2D eigenvalue weighted by atomic mass is 35.5. The van der Waals surface area contributed by atoms with Crippen molar-refractivity contribution in [1.82, 2.24) is 14.9 Å². The summed E-state index contributed by atoms with van der Waals surface area (Å²) in [6.07, 6.45) is 1.71. The number of nitrogens with zero attached hydrogens (tertiary/aromatic N) is 3. The van der Waals surface area contributed by atoms with E-state index < -0.39 is 0 Å². The zero-order chi connectivity index (χ0) is 16.2. The molecule has 0 radical (unpaired) electrons. The van der Waals surface area contributed by atoms with Crippen molar-refractivity contribution in [1.29, 1.82) is 0 Å². The van der Waals surface area contributed by atoms with E-state index in [9.17, 15) is 0 Å². The molecule has 0 aliphatic carbocycles. The molecule has 3 aromatic rings. The molecule has 0 spiro atoms. The van der Waals surface area contributed by atoms with Gasteiger partial charge in [0.25, 0.3) is 0 Å². The first-order valence-electron chi connectivity index (χ1n) is 6.79. The summed E-state index contributed by atoms with van der Waals surface area (Å²) in [7, 11) is 1.63. The summed E-state index contributed by atoms with van der Waals surface area (Å²) in [6, 6.07) is 14.9. The van der Waals surface area contributed by atoms with Crippen molar-refractivity contribution in [2.45, 2.75) is 0 Å². The molecule has 0 saturated carbocycles. The van der Waals surface area contributed by atoms with E-state index in [4.69, 9.17) is 28.6 Å². The number of methoxy groups -OCH3 is 1. The van der Waals surface area contributed by atoms with Gasteiger partial charge in [-0.1, -0.05) is 23.7 Å². The molecule has 23 heavy (non-hydrogen) atoms. The molecule has 0 aliphatic heterocycles. The summed E-state index contributed by atoms with van der Waals surface area (Å²) < 4.78 is 7.10. The van der Waals surface area contributed by atoms with Crippen LogP contribution in [-0.4, -0.2) is 28.2 Å². The van der Waals surface area contributed by atoms with Crippen LogP contribution in [0.15, 0.2) is 53.6 Å². The Balaban J connectivity index is 1.95. The van der Waals surface area contributed by atoms with Crippen molar-refractivity contribution < 1.29 is 4.74 Å². The van der Waals surface area contributed by atoms with E-state index in [0.717, 1.165) is 16.9 Å². The standard InChI is InChI=1S/C16H13ClN4OS/c1-22-14-7-5-11(6-8-14)10-18-21-15(19-20-16(21)23)12-3-2-4-13(17)9-12/h2-10H,1H3,(H,20,23)/b18-10-. The van der Waals surface area contributed by atoms with E-state index >= 15 is 0 Å². The molecule has 0 unspecified atom stereocenters. The number of H-pyrrole nitrogens is 1. The van der Waals surface area contributed by atoms with Crippen LogP contribution >= 0.6 is 23.8 Å². The van der Waals surface area contributed by atoms with E-state index in [1.54, 1.807) is 24.1 Å². The lowest BCUT2D eigenvalue weighted by atomic mass is 10.2. The van der Waals surface area contributed by atoms with Crippen molar-refractivity contribution in [2.75, 3.05) is 7.11 Å². The Hall–Kier alpha value is -2.44. The number of benzene rings is 2. The maximum atomic E-state index is 6.03. The van der Waals surface area contributed by atoms with Crippen LogP contribution < -0.4 is 4.74 Å². The third kappa shape index (κ3) is 3.49. The molecule has 1 heterocycles. The number of ether oxygens (including phenoxy) is 1. The quantitative estimate of drug-likeness (QED) is 0.571. The number of aromatic amines is 1. The Morgan fingerprint density at radius 1 is 1.26 bits per heavy atom. The number of hydrogen-bond acceptors (Lipinski definition) is 4. The smallest absolute Gasteiger partial charge is 0.216 e. The fraction of sp³-hybridized carbons (Fsp3) is 0.0625. The third-order valence-electron chi connectivity index (χ3n) is 3.17. The second-order valence-corrected chi connectivity index (χ2v) is 5.52. The van der Waals surface area contributed by atoms with Gasteiger partial charge >= 0.3 is 0 Å². The SMILES string of the molecule is COc1ccc(/C=N\n2c(-c3cccc(Cl)c3)n[nH]c2=S)cc1. The Labute approximate surface area is 143 Å². The third-order valence-corrected chi connectivity index (χ3v) is 3.67. The summed E-state index contributed by atoms with van der Waals surface area (Å²) in [5, 5.41) is 12.0. The van der Waals surface area contributed by atoms with Crippen LogP contribution in [-0.2, 0) is 0 Å². The van der Waals surface area contributed by atoms with Crippen LogP contribution in [0.25, 0.3) is 11.4 Å². The lowest BCUT2D eigenvalue weighted by molar-refractivity contribution is 0.415. The van der Waals surface area contributed by atoms with E-state index in [1.165, 1.54) is 0 Å². The zero-order valence-electron chi connectivity index (χ0n) is 12.2. The summed E-state index contributed by atoms with van der Waals surface area (Å²) in [5.41, 5.74) is 1.75. The second kappa shape index (κ2) is 6.76. The number of rotatable bonds is 4. The minimum atomic E-state index is 0.407. The van der Waals surface area contributed by atoms with Crippen molar-refractivity contribution in [3.05, 3.63) is 63.9 Å². The highest BCUT2D eigenvalue weighted by Gasteiger charge is 2.08. The number of aromatic nitrogens is 3. The Kier molecular flexibility index (Phi) is 4.55. The van der Waals surface area contributed by atoms with Gasteiger partial charge in [-0.25, -0.2) is 5.10 Å². The van der Waals surface area contributed by atoms with Gasteiger partial charge in [0, 0.05) is 10.6 Å². The van der Waals surface area contributed by atoms with E-state index in [0.29, 0.717) is 15.6 Å². The largest absolute Gasteiger partial charge is 0.497 e. The van der Waals surface area contributed by atoms with Gasteiger partial charge in [0.15, 0.2) is 5.82 Å². The molecule has 0 saturated heterocycles. The first-order valence-corrected chi connectivity index (χ1v) is 7.58. The first kappa shape index (κ1) is 15.5. The predicted molar refractivity (Wildman–Crippen MR) is 93.8 cm³/mol. The predicted octanol–water partition coefficient (Wildman–Crippen LogP) is 4.15. The monoisotopic (exact) mass is 344 g/mol. The second-order valence-electron chi connectivity index (χ2n) is 4.69. The minimum absolute atomic E-state index is 0.407. The summed E-state index contributed by atoms with van der Waals surface area (Å²) in [4.78, 5) is 0. The molecule has 2 aromatic carbocycles. The average Bonchev–Trinajstić information content (AvgIpc) is 2.94. The average molecular weight is 345 g/mol. The van der Waals surface area contributed by atoms with Crippen molar-refractivity contribution in [2.24, 2.45) is 5.10 Å². The molecule has 1 N–H and O–H groups in total. The maximum Gasteiger partial charge on any atom is 0.216 e. The van der Waals surface area contributed by atoms with Crippen LogP contribution in [0.1, 0.15) is 5.56 Å². The zero-order valence-corrected chi connectivity index (χ0v) is 13.8. The Morgan fingerprint density at radius 3 is 2.74 bits per heavy atom. The van der Waals surface area contributed by atoms with Gasteiger partial charge in [-0.3, -0.25) is 0 Å². The molecule has 116 valence electrons. The molecule has 0 bridgehead atoms. The maximum absolute atomic E-state index is 6.03. The van der Waals surface area contributed by atoms with Gasteiger partial charge in [-0.15, -0.1) is 0 Å². The van der Waals surface area contributed by atoms with Gasteiger partial charge in [-0.2, -0.15) is 14.9 Å². The fourth-order valence-corrected chi connectivity index (χ4v) is 2.40.